The topological polar surface area (TPSA) is 41.1 Å². The van der Waals surface area contributed by atoms with E-state index < -0.39 is 5.54 Å². The largest absolute Gasteiger partial charge is 0.345 e. The molecule has 3 rings (SSSR count). The van der Waals surface area contributed by atoms with Crippen molar-refractivity contribution in [2.45, 2.75) is 43.7 Å². The summed E-state index contributed by atoms with van der Waals surface area (Å²) in [6.07, 6.45) is 4.73. The maximum absolute atomic E-state index is 13.9. The number of hydrogen-bond donors (Lipinski definition) is 2. The molecule has 19 heavy (non-hydrogen) atoms. The van der Waals surface area contributed by atoms with E-state index in [0.29, 0.717) is 5.56 Å². The average Bonchev–Trinajstić information content (AvgIpc) is 3.21. The maximum Gasteiger partial charge on any atom is 0.237 e. The molecule has 1 aliphatic heterocycles. The highest BCUT2D eigenvalue weighted by molar-refractivity contribution is 5.83. The van der Waals surface area contributed by atoms with Crippen LogP contribution in [0.2, 0.25) is 0 Å². The minimum absolute atomic E-state index is 0.0143. The van der Waals surface area contributed by atoms with Crippen molar-refractivity contribution in [3.63, 3.8) is 0 Å². The van der Waals surface area contributed by atoms with Crippen molar-refractivity contribution in [2.24, 2.45) is 0 Å². The predicted molar refractivity (Wildman–Crippen MR) is 71.1 cm³/mol. The summed E-state index contributed by atoms with van der Waals surface area (Å²) in [5.74, 6) is -0.211. The van der Waals surface area contributed by atoms with Crippen molar-refractivity contribution in [1.82, 2.24) is 10.6 Å². The first-order chi connectivity index (χ1) is 9.21. The van der Waals surface area contributed by atoms with Gasteiger partial charge in [-0.1, -0.05) is 24.6 Å². The SMILES string of the molecule is O=C(NC1(c2ccccc2F)CC1)C1CCCCN1. The number of rotatable bonds is 3. The normalized spacial score (nSPS) is 24.8. The number of amides is 1. The molecule has 4 heteroatoms. The Morgan fingerprint density at radius 3 is 2.74 bits per heavy atom. The lowest BCUT2D eigenvalue weighted by Crippen LogP contribution is -2.49. The number of halogens is 1. The van der Waals surface area contributed by atoms with E-state index in [1.807, 2.05) is 6.07 Å². The highest BCUT2D eigenvalue weighted by Gasteiger charge is 2.48. The minimum atomic E-state index is -0.457. The molecule has 2 N–H and O–H groups in total. The summed E-state index contributed by atoms with van der Waals surface area (Å²) in [6.45, 7) is 0.894. The van der Waals surface area contributed by atoms with E-state index in [2.05, 4.69) is 10.6 Å². The molecule has 1 unspecified atom stereocenters. The molecule has 2 aliphatic rings. The van der Waals surface area contributed by atoms with Gasteiger partial charge in [-0.3, -0.25) is 4.79 Å². The molecule has 102 valence electrons. The van der Waals surface area contributed by atoms with Crippen LogP contribution in [0, 0.1) is 5.82 Å². The van der Waals surface area contributed by atoms with E-state index in [4.69, 9.17) is 0 Å². The molecule has 0 radical (unpaired) electrons. The van der Waals surface area contributed by atoms with Gasteiger partial charge in [0.25, 0.3) is 0 Å². The van der Waals surface area contributed by atoms with Crippen LogP contribution in [-0.2, 0) is 10.3 Å². The summed E-state index contributed by atoms with van der Waals surface area (Å²) in [5, 5.41) is 6.28. The van der Waals surface area contributed by atoms with Gasteiger partial charge in [-0.15, -0.1) is 0 Å². The molecule has 1 amide bonds. The van der Waals surface area contributed by atoms with Gasteiger partial charge in [0.1, 0.15) is 5.82 Å². The van der Waals surface area contributed by atoms with E-state index in [0.717, 1.165) is 38.6 Å². The number of hydrogen-bond acceptors (Lipinski definition) is 2. The van der Waals surface area contributed by atoms with Crippen LogP contribution in [0.3, 0.4) is 0 Å². The molecule has 2 fully saturated rings. The van der Waals surface area contributed by atoms with Crippen molar-refractivity contribution in [3.05, 3.63) is 35.6 Å². The number of carbonyl (C=O) groups excluding carboxylic acids is 1. The number of nitrogens with one attached hydrogen (secondary N) is 2. The van der Waals surface area contributed by atoms with Crippen LogP contribution in [0.1, 0.15) is 37.7 Å². The Labute approximate surface area is 112 Å². The third-order valence-electron chi connectivity index (χ3n) is 4.13. The second-order valence-corrected chi connectivity index (χ2v) is 5.55. The van der Waals surface area contributed by atoms with Gasteiger partial charge >= 0.3 is 0 Å². The van der Waals surface area contributed by atoms with Gasteiger partial charge in [-0.25, -0.2) is 4.39 Å². The molecule has 0 bridgehead atoms. The number of piperidine rings is 1. The zero-order chi connectivity index (χ0) is 13.3. The molecule has 1 aliphatic carbocycles. The summed E-state index contributed by atoms with van der Waals surface area (Å²) in [7, 11) is 0. The molecule has 1 aromatic carbocycles. The van der Waals surface area contributed by atoms with E-state index in [1.165, 1.54) is 6.07 Å². The van der Waals surface area contributed by atoms with E-state index in [9.17, 15) is 9.18 Å². The van der Waals surface area contributed by atoms with Crippen LogP contribution in [0.4, 0.5) is 4.39 Å². The van der Waals surface area contributed by atoms with Crippen LogP contribution in [0.15, 0.2) is 24.3 Å². The van der Waals surface area contributed by atoms with Crippen molar-refractivity contribution < 1.29 is 9.18 Å². The Kier molecular flexibility index (Phi) is 3.27. The number of benzene rings is 1. The van der Waals surface area contributed by atoms with Gasteiger partial charge in [0.2, 0.25) is 5.91 Å². The lowest BCUT2D eigenvalue weighted by molar-refractivity contribution is -0.124. The molecule has 0 spiro atoms. The minimum Gasteiger partial charge on any atom is -0.345 e. The summed E-state index contributed by atoms with van der Waals surface area (Å²) in [5.41, 5.74) is 0.167. The standard InChI is InChI=1S/C15H19FN2O/c16-12-6-2-1-5-11(12)15(8-9-15)18-14(19)13-7-3-4-10-17-13/h1-2,5-6,13,17H,3-4,7-10H2,(H,18,19). The predicted octanol–water partition coefficient (Wildman–Crippen LogP) is 2.07. The first-order valence-corrected chi connectivity index (χ1v) is 7.02. The second-order valence-electron chi connectivity index (χ2n) is 5.55. The Hall–Kier alpha value is -1.42. The van der Waals surface area contributed by atoms with E-state index in [1.54, 1.807) is 12.1 Å². The molecular weight excluding hydrogens is 243 g/mol. The van der Waals surface area contributed by atoms with Gasteiger partial charge in [0.05, 0.1) is 11.6 Å². The summed E-state index contributed by atoms with van der Waals surface area (Å²) in [6, 6.07) is 6.62. The lowest BCUT2D eigenvalue weighted by atomic mass is 10.0. The highest BCUT2D eigenvalue weighted by atomic mass is 19.1. The van der Waals surface area contributed by atoms with Crippen LogP contribution < -0.4 is 10.6 Å². The quantitative estimate of drug-likeness (QED) is 0.875. The Bertz CT molecular complexity index is 479. The van der Waals surface area contributed by atoms with Crippen molar-refractivity contribution >= 4 is 5.91 Å². The maximum atomic E-state index is 13.9. The zero-order valence-corrected chi connectivity index (χ0v) is 10.9. The zero-order valence-electron chi connectivity index (χ0n) is 10.9. The summed E-state index contributed by atoms with van der Waals surface area (Å²) >= 11 is 0. The smallest absolute Gasteiger partial charge is 0.237 e. The summed E-state index contributed by atoms with van der Waals surface area (Å²) in [4.78, 5) is 12.2. The third-order valence-corrected chi connectivity index (χ3v) is 4.13. The van der Waals surface area contributed by atoms with Gasteiger partial charge in [-0.05, 0) is 38.3 Å². The van der Waals surface area contributed by atoms with Crippen LogP contribution in [0.25, 0.3) is 0 Å². The lowest BCUT2D eigenvalue weighted by Gasteiger charge is -2.26. The van der Waals surface area contributed by atoms with E-state index >= 15 is 0 Å². The van der Waals surface area contributed by atoms with Crippen LogP contribution >= 0.6 is 0 Å². The molecule has 1 aromatic rings. The molecule has 1 atom stereocenters. The average molecular weight is 262 g/mol. The van der Waals surface area contributed by atoms with Gasteiger partial charge in [-0.2, -0.15) is 0 Å². The monoisotopic (exact) mass is 262 g/mol. The van der Waals surface area contributed by atoms with Gasteiger partial charge in [0, 0.05) is 5.56 Å². The fourth-order valence-corrected chi connectivity index (χ4v) is 2.83. The molecule has 1 saturated heterocycles. The Morgan fingerprint density at radius 2 is 2.11 bits per heavy atom. The van der Waals surface area contributed by atoms with Crippen molar-refractivity contribution in [2.75, 3.05) is 6.54 Å². The van der Waals surface area contributed by atoms with Crippen LogP contribution in [-0.4, -0.2) is 18.5 Å². The first kappa shape index (κ1) is 12.6. The van der Waals surface area contributed by atoms with Crippen molar-refractivity contribution in [3.8, 4) is 0 Å². The molecule has 3 nitrogen and oxygen atoms in total. The molecule has 0 aromatic heterocycles. The molecular formula is C15H19FN2O. The fourth-order valence-electron chi connectivity index (χ4n) is 2.83. The Balaban J connectivity index is 1.72. The number of carbonyl (C=O) groups is 1. The van der Waals surface area contributed by atoms with E-state index in [-0.39, 0.29) is 17.8 Å². The van der Waals surface area contributed by atoms with Crippen molar-refractivity contribution in [1.29, 1.82) is 0 Å². The van der Waals surface area contributed by atoms with Gasteiger partial charge in [0.15, 0.2) is 0 Å². The first-order valence-electron chi connectivity index (χ1n) is 7.02. The summed E-state index contributed by atoms with van der Waals surface area (Å²) < 4.78 is 13.9. The second kappa shape index (κ2) is 4.93. The third kappa shape index (κ3) is 2.50. The van der Waals surface area contributed by atoms with Gasteiger partial charge < -0.3 is 10.6 Å². The highest BCUT2D eigenvalue weighted by Crippen LogP contribution is 2.46. The molecule has 1 heterocycles. The molecule has 1 saturated carbocycles. The fraction of sp³-hybridized carbons (Fsp3) is 0.533. The Morgan fingerprint density at radius 1 is 1.32 bits per heavy atom. The van der Waals surface area contributed by atoms with Crippen LogP contribution in [0.5, 0.6) is 0 Å².